The van der Waals surface area contributed by atoms with E-state index in [-0.39, 0.29) is 0 Å². The van der Waals surface area contributed by atoms with E-state index in [1.165, 1.54) is 0 Å². The Morgan fingerprint density at radius 1 is 1.25 bits per heavy atom. The van der Waals surface area contributed by atoms with E-state index in [2.05, 4.69) is 26.7 Å². The summed E-state index contributed by atoms with van der Waals surface area (Å²) < 4.78 is 43.2. The molecule has 0 saturated carbocycles. The number of nitrogens with zero attached hydrogens (tertiary/aromatic N) is 2. The monoisotopic (exact) mass is 414 g/mol. The van der Waals surface area contributed by atoms with Gasteiger partial charge in [-0.2, -0.15) is 13.2 Å². The summed E-state index contributed by atoms with van der Waals surface area (Å²) in [5.74, 6) is 1.47. The Labute approximate surface area is 167 Å². The summed E-state index contributed by atoms with van der Waals surface area (Å²) in [6, 6.07) is 6.04. The molecule has 1 aromatic carbocycles. The Morgan fingerprint density at radius 2 is 2.04 bits per heavy atom. The third kappa shape index (κ3) is 6.70. The zero-order valence-corrected chi connectivity index (χ0v) is 17.0. The van der Waals surface area contributed by atoms with Crippen LogP contribution in [0.15, 0.2) is 28.6 Å². The second-order valence-corrected chi connectivity index (χ2v) is 7.07. The lowest BCUT2D eigenvalue weighted by Crippen LogP contribution is -2.38. The highest BCUT2D eigenvalue weighted by atomic mass is 32.1. The van der Waals surface area contributed by atoms with Crippen molar-refractivity contribution < 1.29 is 17.9 Å². The van der Waals surface area contributed by atoms with Crippen molar-refractivity contribution in [2.75, 3.05) is 26.7 Å². The summed E-state index contributed by atoms with van der Waals surface area (Å²) in [5, 5.41) is 7.84. The number of aryl methyl sites for hydroxylation is 1. The summed E-state index contributed by atoms with van der Waals surface area (Å²) >= 11 is 1.01. The van der Waals surface area contributed by atoms with Crippen molar-refractivity contribution in [1.82, 2.24) is 15.6 Å². The average Bonchev–Trinajstić information content (AvgIpc) is 3.11. The third-order valence-corrected chi connectivity index (χ3v) is 4.81. The van der Waals surface area contributed by atoms with Crippen molar-refractivity contribution in [1.29, 1.82) is 0 Å². The van der Waals surface area contributed by atoms with Crippen LogP contribution < -0.4 is 15.4 Å². The van der Waals surface area contributed by atoms with Crippen LogP contribution in [0.2, 0.25) is 0 Å². The fourth-order valence-electron chi connectivity index (χ4n) is 2.58. The summed E-state index contributed by atoms with van der Waals surface area (Å²) in [6.45, 7) is 5.69. The van der Waals surface area contributed by atoms with Crippen LogP contribution in [0.3, 0.4) is 0 Å². The number of thiazole rings is 1. The Hall–Kier alpha value is -2.29. The molecule has 0 aliphatic rings. The maximum atomic E-state index is 12.6. The predicted octanol–water partition coefficient (Wildman–Crippen LogP) is 3.82. The Bertz CT molecular complexity index is 790. The van der Waals surface area contributed by atoms with Crippen LogP contribution in [0.1, 0.15) is 28.8 Å². The van der Waals surface area contributed by atoms with Crippen molar-refractivity contribution in [3.05, 3.63) is 45.4 Å². The SMILES string of the molecule is CCNC(=NCCc1nc(C(F)(F)F)cs1)NCCc1cc(C)ccc1OC. The normalized spacial score (nSPS) is 12.1. The molecule has 2 aromatic rings. The topological polar surface area (TPSA) is 58.5 Å². The van der Waals surface area contributed by atoms with E-state index in [1.54, 1.807) is 7.11 Å². The Balaban J connectivity index is 1.88. The van der Waals surface area contributed by atoms with Gasteiger partial charge in [0, 0.05) is 31.4 Å². The van der Waals surface area contributed by atoms with Crippen LogP contribution in [0.4, 0.5) is 13.2 Å². The van der Waals surface area contributed by atoms with Gasteiger partial charge in [-0.1, -0.05) is 17.7 Å². The van der Waals surface area contributed by atoms with Gasteiger partial charge in [-0.25, -0.2) is 4.98 Å². The fourth-order valence-corrected chi connectivity index (χ4v) is 3.37. The number of nitrogens with one attached hydrogen (secondary N) is 2. The molecule has 0 aliphatic carbocycles. The van der Waals surface area contributed by atoms with Crippen LogP contribution in [0.5, 0.6) is 5.75 Å². The minimum atomic E-state index is -4.40. The van der Waals surface area contributed by atoms with Gasteiger partial charge in [-0.05, 0) is 31.9 Å². The molecule has 0 radical (unpaired) electrons. The molecular weight excluding hydrogens is 389 g/mol. The third-order valence-electron chi connectivity index (χ3n) is 3.90. The minimum absolute atomic E-state index is 0.355. The molecule has 2 N–H and O–H groups in total. The van der Waals surface area contributed by atoms with Gasteiger partial charge in [0.15, 0.2) is 11.7 Å². The van der Waals surface area contributed by atoms with E-state index < -0.39 is 11.9 Å². The molecule has 2 rings (SSSR count). The van der Waals surface area contributed by atoms with Gasteiger partial charge in [0.05, 0.1) is 12.1 Å². The maximum absolute atomic E-state index is 12.6. The fraction of sp³-hybridized carbons (Fsp3) is 0.474. The zero-order chi connectivity index (χ0) is 20.6. The van der Waals surface area contributed by atoms with E-state index in [0.717, 1.165) is 40.0 Å². The molecule has 0 fully saturated rings. The second-order valence-electron chi connectivity index (χ2n) is 6.13. The molecule has 0 aliphatic heterocycles. The molecule has 0 spiro atoms. The Kier molecular flexibility index (Phi) is 8.10. The number of rotatable bonds is 8. The van der Waals surface area contributed by atoms with Gasteiger partial charge in [-0.15, -0.1) is 11.3 Å². The molecule has 9 heteroatoms. The summed E-state index contributed by atoms with van der Waals surface area (Å²) in [4.78, 5) is 8.04. The Morgan fingerprint density at radius 3 is 2.68 bits per heavy atom. The number of guanidine groups is 1. The number of ether oxygens (including phenoxy) is 1. The predicted molar refractivity (Wildman–Crippen MR) is 106 cm³/mol. The zero-order valence-electron chi connectivity index (χ0n) is 16.2. The molecule has 1 aromatic heterocycles. The van der Waals surface area contributed by atoms with Crippen LogP contribution in [-0.2, 0) is 19.0 Å². The lowest BCUT2D eigenvalue weighted by Gasteiger charge is -2.13. The first-order valence-corrected chi connectivity index (χ1v) is 9.88. The first kappa shape index (κ1) is 22.0. The van der Waals surface area contributed by atoms with Gasteiger partial charge in [0.25, 0.3) is 0 Å². The number of alkyl halides is 3. The van der Waals surface area contributed by atoms with Gasteiger partial charge < -0.3 is 15.4 Å². The van der Waals surface area contributed by atoms with Crippen molar-refractivity contribution >= 4 is 17.3 Å². The van der Waals surface area contributed by atoms with Crippen molar-refractivity contribution in [3.8, 4) is 5.75 Å². The number of aromatic nitrogens is 1. The lowest BCUT2D eigenvalue weighted by molar-refractivity contribution is -0.140. The highest BCUT2D eigenvalue weighted by molar-refractivity contribution is 7.09. The largest absolute Gasteiger partial charge is 0.496 e. The van der Waals surface area contributed by atoms with E-state index in [1.807, 2.05) is 26.0 Å². The van der Waals surface area contributed by atoms with Crippen LogP contribution in [0.25, 0.3) is 0 Å². The second kappa shape index (κ2) is 10.3. The molecule has 154 valence electrons. The van der Waals surface area contributed by atoms with E-state index in [4.69, 9.17) is 4.74 Å². The number of benzene rings is 1. The van der Waals surface area contributed by atoms with Gasteiger partial charge in [-0.3, -0.25) is 4.99 Å². The van der Waals surface area contributed by atoms with Crippen molar-refractivity contribution in [3.63, 3.8) is 0 Å². The quantitative estimate of drug-likeness (QED) is 0.509. The standard InChI is InChI=1S/C19H25F3N4OS/c1-4-23-18(24-9-7-14-11-13(2)5-6-15(14)27-3)25-10-8-17-26-16(12-28-17)19(20,21)22/h5-6,11-12H,4,7-10H2,1-3H3,(H2,23,24,25). The summed E-state index contributed by atoms with van der Waals surface area (Å²) in [5.41, 5.74) is 1.43. The van der Waals surface area contributed by atoms with Crippen LogP contribution in [0, 0.1) is 6.92 Å². The molecular formula is C19H25F3N4OS. The van der Waals surface area contributed by atoms with E-state index >= 15 is 0 Å². The number of hydrogen-bond acceptors (Lipinski definition) is 4. The first-order valence-electron chi connectivity index (χ1n) is 9.00. The van der Waals surface area contributed by atoms with Crippen LogP contribution in [-0.4, -0.2) is 37.7 Å². The molecule has 28 heavy (non-hydrogen) atoms. The number of methoxy groups -OCH3 is 1. The maximum Gasteiger partial charge on any atom is 0.434 e. The van der Waals surface area contributed by atoms with E-state index in [0.29, 0.717) is 37.0 Å². The highest BCUT2D eigenvalue weighted by Gasteiger charge is 2.33. The van der Waals surface area contributed by atoms with Crippen molar-refractivity contribution in [2.24, 2.45) is 4.99 Å². The van der Waals surface area contributed by atoms with Gasteiger partial charge in [0.1, 0.15) is 5.75 Å². The molecule has 0 unspecified atom stereocenters. The van der Waals surface area contributed by atoms with Gasteiger partial charge >= 0.3 is 6.18 Å². The molecule has 5 nitrogen and oxygen atoms in total. The molecule has 0 atom stereocenters. The minimum Gasteiger partial charge on any atom is -0.496 e. The molecule has 1 heterocycles. The summed E-state index contributed by atoms with van der Waals surface area (Å²) in [7, 11) is 1.65. The van der Waals surface area contributed by atoms with Crippen LogP contribution >= 0.6 is 11.3 Å². The molecule has 0 amide bonds. The smallest absolute Gasteiger partial charge is 0.434 e. The number of halogens is 3. The molecule has 0 bridgehead atoms. The molecule has 0 saturated heterocycles. The first-order chi connectivity index (χ1) is 13.3. The lowest BCUT2D eigenvalue weighted by atomic mass is 10.1. The number of hydrogen-bond donors (Lipinski definition) is 2. The van der Waals surface area contributed by atoms with E-state index in [9.17, 15) is 13.2 Å². The van der Waals surface area contributed by atoms with Crippen molar-refractivity contribution in [2.45, 2.75) is 32.9 Å². The average molecular weight is 414 g/mol. The van der Waals surface area contributed by atoms with Gasteiger partial charge in [0.2, 0.25) is 0 Å². The highest BCUT2D eigenvalue weighted by Crippen LogP contribution is 2.30. The number of aliphatic imine (C=N–C) groups is 1. The summed E-state index contributed by atoms with van der Waals surface area (Å²) in [6.07, 6.45) is -3.27.